The molecular weight excluding hydrogens is 508 g/mol. The van der Waals surface area contributed by atoms with E-state index in [1.54, 1.807) is 12.3 Å². The molecule has 6 nitrogen and oxygen atoms in total. The third kappa shape index (κ3) is 6.19. The molecule has 0 amide bonds. The Bertz CT molecular complexity index is 1370. The lowest BCUT2D eigenvalue weighted by molar-refractivity contribution is -0.137. The molecule has 0 spiro atoms. The highest BCUT2D eigenvalue weighted by atomic mass is 35.5. The lowest BCUT2D eigenvalue weighted by Crippen LogP contribution is -2.30. The molecule has 0 aliphatic heterocycles. The quantitative estimate of drug-likeness (QED) is 0.227. The molecule has 1 aromatic carbocycles. The molecule has 3 aromatic heterocycles. The van der Waals surface area contributed by atoms with Crippen LogP contribution in [0.25, 0.3) is 28.0 Å². The summed E-state index contributed by atoms with van der Waals surface area (Å²) < 4.78 is 55.1. The van der Waals surface area contributed by atoms with E-state index in [-0.39, 0.29) is 5.02 Å². The molecule has 0 aliphatic carbocycles. The predicted octanol–water partition coefficient (Wildman–Crippen LogP) is 6.80. The zero-order valence-corrected chi connectivity index (χ0v) is 21.2. The van der Waals surface area contributed by atoms with Crippen LogP contribution >= 0.6 is 11.6 Å². The highest BCUT2D eigenvalue weighted by Gasteiger charge is 2.31. The monoisotopic (exact) mass is 534 g/mol. The Balaban J connectivity index is 1.73. The summed E-state index contributed by atoms with van der Waals surface area (Å²) in [5.41, 5.74) is 1.28. The molecule has 4 aromatic rings. The van der Waals surface area contributed by atoms with E-state index in [4.69, 9.17) is 11.6 Å². The largest absolute Gasteiger partial charge is 0.417 e. The van der Waals surface area contributed by atoms with Gasteiger partial charge >= 0.3 is 6.18 Å². The lowest BCUT2D eigenvalue weighted by Gasteiger charge is -2.20. The number of anilines is 1. The van der Waals surface area contributed by atoms with Gasteiger partial charge in [-0.2, -0.15) is 18.3 Å². The molecule has 3 heterocycles. The summed E-state index contributed by atoms with van der Waals surface area (Å²) in [6.45, 7) is 7.74. The van der Waals surface area contributed by atoms with Crippen molar-refractivity contribution in [1.82, 2.24) is 24.5 Å². The van der Waals surface area contributed by atoms with Gasteiger partial charge in [0.05, 0.1) is 27.4 Å². The first kappa shape index (κ1) is 26.8. The van der Waals surface area contributed by atoms with E-state index in [9.17, 15) is 17.6 Å². The van der Waals surface area contributed by atoms with Crippen LogP contribution in [-0.2, 0) is 6.18 Å². The SMILES string of the molecule is CCCN(CCC)CCNc1nccc(-c2c(-c3ccc(F)c(Cl)c3)nn3cc(C(F)(F)F)ccc23)n1. The molecule has 0 saturated heterocycles. The van der Waals surface area contributed by atoms with Crippen molar-refractivity contribution in [1.29, 1.82) is 0 Å². The Morgan fingerprint density at radius 3 is 2.46 bits per heavy atom. The maximum atomic E-state index is 13.8. The van der Waals surface area contributed by atoms with Crippen LogP contribution < -0.4 is 5.32 Å². The van der Waals surface area contributed by atoms with Crippen LogP contribution in [0.3, 0.4) is 0 Å². The van der Waals surface area contributed by atoms with Gasteiger partial charge in [-0.25, -0.2) is 18.9 Å². The van der Waals surface area contributed by atoms with Gasteiger partial charge in [0.15, 0.2) is 0 Å². The normalized spacial score (nSPS) is 12.0. The first-order chi connectivity index (χ1) is 17.7. The number of pyridine rings is 1. The Morgan fingerprint density at radius 1 is 1.03 bits per heavy atom. The standard InChI is InChI=1S/C26H27ClF4N6/c1-3-12-36(13-4-2)14-11-33-25-32-10-9-21(34-25)23-22-8-6-18(26(29,30)31)16-37(22)35-24(23)17-5-7-20(28)19(27)15-17/h5-10,15-16H,3-4,11-14H2,1-2H3,(H,32,33,34). The van der Waals surface area contributed by atoms with Gasteiger partial charge in [-0.15, -0.1) is 0 Å². The van der Waals surface area contributed by atoms with Crippen LogP contribution in [0, 0.1) is 5.82 Å². The summed E-state index contributed by atoms with van der Waals surface area (Å²) in [6, 6.07) is 8.07. The van der Waals surface area contributed by atoms with Crippen LogP contribution in [0.1, 0.15) is 32.3 Å². The van der Waals surface area contributed by atoms with Gasteiger partial charge in [-0.05, 0) is 62.3 Å². The molecule has 0 saturated carbocycles. The zero-order valence-electron chi connectivity index (χ0n) is 20.5. The molecule has 1 N–H and O–H groups in total. The molecule has 37 heavy (non-hydrogen) atoms. The van der Waals surface area contributed by atoms with Crippen molar-refractivity contribution in [2.75, 3.05) is 31.5 Å². The average molecular weight is 535 g/mol. The minimum atomic E-state index is -4.53. The number of halogens is 5. The van der Waals surface area contributed by atoms with E-state index in [0.717, 1.165) is 49.3 Å². The van der Waals surface area contributed by atoms with E-state index >= 15 is 0 Å². The van der Waals surface area contributed by atoms with Crippen LogP contribution in [0.2, 0.25) is 5.02 Å². The molecule has 0 radical (unpaired) electrons. The smallest absolute Gasteiger partial charge is 0.353 e. The van der Waals surface area contributed by atoms with E-state index in [1.165, 1.54) is 24.3 Å². The summed E-state index contributed by atoms with van der Waals surface area (Å²) in [5, 5.41) is 7.52. The number of alkyl halides is 3. The van der Waals surface area contributed by atoms with Crippen LogP contribution in [0.5, 0.6) is 0 Å². The van der Waals surface area contributed by atoms with Gasteiger partial charge in [-0.1, -0.05) is 25.4 Å². The number of hydrogen-bond donors (Lipinski definition) is 1. The molecule has 0 bridgehead atoms. The maximum absolute atomic E-state index is 13.8. The lowest BCUT2D eigenvalue weighted by atomic mass is 10.0. The third-order valence-corrected chi connectivity index (χ3v) is 6.14. The van der Waals surface area contributed by atoms with Crippen molar-refractivity contribution in [2.24, 2.45) is 0 Å². The van der Waals surface area contributed by atoms with Crippen LogP contribution in [0.4, 0.5) is 23.5 Å². The summed E-state index contributed by atoms with van der Waals surface area (Å²) >= 11 is 6.00. The second-order valence-electron chi connectivity index (χ2n) is 8.63. The van der Waals surface area contributed by atoms with E-state index in [0.29, 0.717) is 40.5 Å². The fourth-order valence-corrected chi connectivity index (χ4v) is 4.37. The van der Waals surface area contributed by atoms with Crippen molar-refractivity contribution < 1.29 is 17.6 Å². The van der Waals surface area contributed by atoms with Crippen LogP contribution in [-0.4, -0.2) is 50.7 Å². The highest BCUT2D eigenvalue weighted by molar-refractivity contribution is 6.31. The molecular formula is C26H27ClF4N6. The molecule has 0 fully saturated rings. The summed E-state index contributed by atoms with van der Waals surface area (Å²) in [7, 11) is 0. The highest BCUT2D eigenvalue weighted by Crippen LogP contribution is 2.37. The predicted molar refractivity (Wildman–Crippen MR) is 137 cm³/mol. The van der Waals surface area contributed by atoms with Crippen molar-refractivity contribution in [2.45, 2.75) is 32.9 Å². The summed E-state index contributed by atoms with van der Waals surface area (Å²) in [6.07, 6.45) is 0.0916. The van der Waals surface area contributed by atoms with Crippen molar-refractivity contribution >= 4 is 23.1 Å². The fraction of sp³-hybridized carbons (Fsp3) is 0.346. The number of nitrogens with one attached hydrogen (secondary N) is 1. The molecule has 0 unspecified atom stereocenters. The summed E-state index contributed by atoms with van der Waals surface area (Å²) in [4.78, 5) is 11.3. The molecule has 196 valence electrons. The summed E-state index contributed by atoms with van der Waals surface area (Å²) in [5.74, 6) is -0.219. The van der Waals surface area contributed by atoms with Crippen molar-refractivity contribution in [3.63, 3.8) is 0 Å². The number of rotatable bonds is 10. The second-order valence-corrected chi connectivity index (χ2v) is 9.04. The number of aromatic nitrogens is 4. The van der Waals surface area contributed by atoms with E-state index in [1.807, 2.05) is 0 Å². The van der Waals surface area contributed by atoms with Gasteiger partial charge < -0.3 is 10.2 Å². The minimum absolute atomic E-state index is 0.120. The molecule has 11 heteroatoms. The van der Waals surface area contributed by atoms with Crippen LogP contribution in [0.15, 0.2) is 48.8 Å². The Morgan fingerprint density at radius 2 is 1.78 bits per heavy atom. The van der Waals surface area contributed by atoms with Crippen molar-refractivity contribution in [3.8, 4) is 22.5 Å². The first-order valence-electron chi connectivity index (χ1n) is 12.1. The Hall–Kier alpha value is -3.24. The Labute approximate surface area is 217 Å². The van der Waals surface area contributed by atoms with E-state index in [2.05, 4.69) is 39.1 Å². The Kier molecular flexibility index (Phi) is 8.29. The van der Waals surface area contributed by atoms with Gasteiger partial charge in [0.2, 0.25) is 5.95 Å². The maximum Gasteiger partial charge on any atom is 0.417 e. The van der Waals surface area contributed by atoms with Gasteiger partial charge in [0.1, 0.15) is 11.5 Å². The second kappa shape index (κ2) is 11.4. The average Bonchev–Trinajstić information content (AvgIpc) is 3.24. The topological polar surface area (TPSA) is 58.3 Å². The molecule has 4 rings (SSSR count). The van der Waals surface area contributed by atoms with Gasteiger partial charge in [0, 0.05) is 31.0 Å². The first-order valence-corrected chi connectivity index (χ1v) is 12.4. The molecule has 0 aliphatic rings. The van der Waals surface area contributed by atoms with Crippen molar-refractivity contribution in [3.05, 3.63) is 65.2 Å². The number of fused-ring (bicyclic) bond motifs is 1. The number of nitrogens with zero attached hydrogens (tertiary/aromatic N) is 5. The minimum Gasteiger partial charge on any atom is -0.353 e. The zero-order chi connectivity index (χ0) is 26.6. The van der Waals surface area contributed by atoms with Gasteiger partial charge in [-0.3, -0.25) is 0 Å². The number of hydrogen-bond acceptors (Lipinski definition) is 5. The number of benzene rings is 1. The van der Waals surface area contributed by atoms with E-state index < -0.39 is 17.6 Å². The fourth-order valence-electron chi connectivity index (χ4n) is 4.19. The third-order valence-electron chi connectivity index (χ3n) is 5.85. The molecule has 0 atom stereocenters. The van der Waals surface area contributed by atoms with Gasteiger partial charge in [0.25, 0.3) is 0 Å².